The van der Waals surface area contributed by atoms with E-state index in [1.165, 1.54) is 0 Å². The van der Waals surface area contributed by atoms with Crippen LogP contribution in [-0.2, 0) is 4.79 Å². The quantitative estimate of drug-likeness (QED) is 0.779. The van der Waals surface area contributed by atoms with Gasteiger partial charge in [0, 0.05) is 6.04 Å². The van der Waals surface area contributed by atoms with E-state index in [0.717, 1.165) is 32.2 Å². The minimum absolute atomic E-state index is 0.247. The maximum atomic E-state index is 11.1. The lowest BCUT2D eigenvalue weighted by Gasteiger charge is -2.39. The molecule has 0 aromatic carbocycles. The van der Waals surface area contributed by atoms with Crippen LogP contribution in [0.25, 0.3) is 0 Å². The molecule has 88 valence electrons. The Kier molecular flexibility index (Phi) is 4.58. The Labute approximate surface area is 92.5 Å². The van der Waals surface area contributed by atoms with E-state index in [4.69, 9.17) is 0 Å². The van der Waals surface area contributed by atoms with Crippen LogP contribution < -0.4 is 0 Å². The number of hydrogen-bond acceptors (Lipinski definition) is 2. The van der Waals surface area contributed by atoms with Crippen molar-refractivity contribution >= 4 is 5.97 Å². The number of carboxylic acids is 1. The molecule has 1 aliphatic rings. The molecule has 0 bridgehead atoms. The van der Waals surface area contributed by atoms with Crippen LogP contribution in [0.4, 0.5) is 0 Å². The van der Waals surface area contributed by atoms with Gasteiger partial charge in [-0.2, -0.15) is 0 Å². The van der Waals surface area contributed by atoms with Crippen molar-refractivity contribution < 1.29 is 9.90 Å². The van der Waals surface area contributed by atoms with Gasteiger partial charge in [0.15, 0.2) is 0 Å². The SMILES string of the molecule is CCC(C)C(C)N1CCCCC1C(=O)O. The van der Waals surface area contributed by atoms with Gasteiger partial charge in [-0.05, 0) is 32.2 Å². The van der Waals surface area contributed by atoms with Crippen molar-refractivity contribution in [2.75, 3.05) is 6.54 Å². The van der Waals surface area contributed by atoms with Crippen molar-refractivity contribution in [3.05, 3.63) is 0 Å². The van der Waals surface area contributed by atoms with Crippen LogP contribution in [0, 0.1) is 5.92 Å². The van der Waals surface area contributed by atoms with Gasteiger partial charge in [0.2, 0.25) is 0 Å². The summed E-state index contributed by atoms with van der Waals surface area (Å²) in [7, 11) is 0. The van der Waals surface area contributed by atoms with Gasteiger partial charge in [-0.3, -0.25) is 9.69 Å². The number of carbonyl (C=O) groups is 1. The summed E-state index contributed by atoms with van der Waals surface area (Å²) in [5.41, 5.74) is 0. The van der Waals surface area contributed by atoms with Gasteiger partial charge in [-0.25, -0.2) is 0 Å². The molecule has 3 heteroatoms. The predicted octanol–water partition coefficient (Wildman–Crippen LogP) is 2.36. The maximum Gasteiger partial charge on any atom is 0.320 e. The summed E-state index contributed by atoms with van der Waals surface area (Å²) in [6.07, 6.45) is 4.13. The second kappa shape index (κ2) is 5.50. The fourth-order valence-electron chi connectivity index (χ4n) is 2.37. The Bertz CT molecular complexity index is 218. The number of rotatable bonds is 4. The van der Waals surface area contributed by atoms with Crippen LogP contribution >= 0.6 is 0 Å². The van der Waals surface area contributed by atoms with Crippen LogP contribution in [-0.4, -0.2) is 34.6 Å². The van der Waals surface area contributed by atoms with E-state index in [0.29, 0.717) is 12.0 Å². The molecule has 0 aromatic rings. The monoisotopic (exact) mass is 213 g/mol. The number of likely N-dealkylation sites (tertiary alicyclic amines) is 1. The third kappa shape index (κ3) is 2.94. The smallest absolute Gasteiger partial charge is 0.320 e. The van der Waals surface area contributed by atoms with Crippen LogP contribution in [0.1, 0.15) is 46.5 Å². The third-order valence-electron chi connectivity index (χ3n) is 3.82. The normalized spacial score (nSPS) is 27.3. The topological polar surface area (TPSA) is 40.5 Å². The van der Waals surface area contributed by atoms with E-state index in [2.05, 4.69) is 25.7 Å². The fraction of sp³-hybridized carbons (Fsp3) is 0.917. The molecule has 1 aliphatic heterocycles. The van der Waals surface area contributed by atoms with Gasteiger partial charge in [0.1, 0.15) is 6.04 Å². The highest BCUT2D eigenvalue weighted by Crippen LogP contribution is 2.24. The molecular weight excluding hydrogens is 190 g/mol. The number of aliphatic carboxylic acids is 1. The van der Waals surface area contributed by atoms with E-state index in [9.17, 15) is 9.90 Å². The van der Waals surface area contributed by atoms with Crippen LogP contribution in [0.5, 0.6) is 0 Å². The van der Waals surface area contributed by atoms with Crippen molar-refractivity contribution in [2.45, 2.75) is 58.5 Å². The first-order valence-electron chi connectivity index (χ1n) is 6.06. The molecule has 0 saturated carbocycles. The summed E-state index contributed by atoms with van der Waals surface area (Å²) in [6.45, 7) is 7.48. The molecule has 0 amide bonds. The molecule has 0 spiro atoms. The lowest BCUT2D eigenvalue weighted by atomic mass is 9.93. The molecule has 0 aliphatic carbocycles. The molecular formula is C12H23NO2. The first kappa shape index (κ1) is 12.5. The molecule has 0 radical (unpaired) electrons. The highest BCUT2D eigenvalue weighted by molar-refractivity contribution is 5.73. The zero-order valence-corrected chi connectivity index (χ0v) is 10.1. The standard InChI is InChI=1S/C12H23NO2/c1-4-9(2)10(3)13-8-6-5-7-11(13)12(14)15/h9-11H,4-8H2,1-3H3,(H,14,15). The molecule has 3 atom stereocenters. The van der Waals surface area contributed by atoms with Gasteiger partial charge in [-0.15, -0.1) is 0 Å². The first-order valence-corrected chi connectivity index (χ1v) is 6.06. The minimum atomic E-state index is -0.648. The van der Waals surface area contributed by atoms with Gasteiger partial charge in [0.05, 0.1) is 0 Å². The summed E-state index contributed by atoms with van der Waals surface area (Å²) in [5, 5.41) is 9.17. The summed E-state index contributed by atoms with van der Waals surface area (Å²) >= 11 is 0. The van der Waals surface area contributed by atoms with E-state index in [1.54, 1.807) is 0 Å². The minimum Gasteiger partial charge on any atom is -0.480 e. The van der Waals surface area contributed by atoms with Crippen LogP contribution in [0.15, 0.2) is 0 Å². The number of carboxylic acid groups (broad SMARTS) is 1. The van der Waals surface area contributed by atoms with Crippen molar-refractivity contribution in [1.29, 1.82) is 0 Å². The molecule has 0 aromatic heterocycles. The Morgan fingerprint density at radius 2 is 2.13 bits per heavy atom. The Morgan fingerprint density at radius 1 is 1.47 bits per heavy atom. The zero-order chi connectivity index (χ0) is 11.4. The largest absolute Gasteiger partial charge is 0.480 e. The summed E-state index contributed by atoms with van der Waals surface area (Å²) in [4.78, 5) is 13.3. The number of hydrogen-bond donors (Lipinski definition) is 1. The maximum absolute atomic E-state index is 11.1. The van der Waals surface area contributed by atoms with Crippen molar-refractivity contribution in [3.63, 3.8) is 0 Å². The zero-order valence-electron chi connectivity index (χ0n) is 10.1. The van der Waals surface area contributed by atoms with Gasteiger partial charge in [-0.1, -0.05) is 26.7 Å². The molecule has 1 fully saturated rings. The van der Waals surface area contributed by atoms with Crippen LogP contribution in [0.3, 0.4) is 0 Å². The van der Waals surface area contributed by atoms with Crippen molar-refractivity contribution in [2.24, 2.45) is 5.92 Å². The Morgan fingerprint density at radius 3 is 2.67 bits per heavy atom. The average molecular weight is 213 g/mol. The molecule has 1 N–H and O–H groups in total. The summed E-state index contributed by atoms with van der Waals surface area (Å²) < 4.78 is 0. The van der Waals surface area contributed by atoms with E-state index >= 15 is 0 Å². The van der Waals surface area contributed by atoms with E-state index in [1.807, 2.05) is 0 Å². The van der Waals surface area contributed by atoms with E-state index in [-0.39, 0.29) is 6.04 Å². The second-order valence-electron chi connectivity index (χ2n) is 4.71. The van der Waals surface area contributed by atoms with Gasteiger partial charge in [0.25, 0.3) is 0 Å². The molecule has 15 heavy (non-hydrogen) atoms. The summed E-state index contributed by atoms with van der Waals surface area (Å²) in [6, 6.07) is 0.138. The number of piperidine rings is 1. The first-order chi connectivity index (χ1) is 7.07. The number of nitrogens with zero attached hydrogens (tertiary/aromatic N) is 1. The predicted molar refractivity (Wildman–Crippen MR) is 60.9 cm³/mol. The Hall–Kier alpha value is -0.570. The molecule has 1 saturated heterocycles. The fourth-order valence-corrected chi connectivity index (χ4v) is 2.37. The highest BCUT2D eigenvalue weighted by atomic mass is 16.4. The lowest BCUT2D eigenvalue weighted by molar-refractivity contribution is -0.146. The van der Waals surface area contributed by atoms with Crippen molar-refractivity contribution in [1.82, 2.24) is 4.90 Å². The molecule has 3 nitrogen and oxygen atoms in total. The molecule has 1 rings (SSSR count). The molecule has 1 heterocycles. The second-order valence-corrected chi connectivity index (χ2v) is 4.71. The molecule has 3 unspecified atom stereocenters. The third-order valence-corrected chi connectivity index (χ3v) is 3.82. The van der Waals surface area contributed by atoms with Gasteiger partial charge < -0.3 is 5.11 Å². The average Bonchev–Trinajstić information content (AvgIpc) is 2.27. The van der Waals surface area contributed by atoms with E-state index < -0.39 is 5.97 Å². The van der Waals surface area contributed by atoms with Crippen LogP contribution in [0.2, 0.25) is 0 Å². The Balaban J connectivity index is 2.67. The highest BCUT2D eigenvalue weighted by Gasteiger charge is 2.32. The van der Waals surface area contributed by atoms with Crippen molar-refractivity contribution in [3.8, 4) is 0 Å². The summed E-state index contributed by atoms with van der Waals surface area (Å²) in [5.74, 6) is -0.0743. The van der Waals surface area contributed by atoms with Gasteiger partial charge >= 0.3 is 5.97 Å². The lowest BCUT2D eigenvalue weighted by Crippen LogP contribution is -2.51.